The number of hydrogen-bond donors (Lipinski definition) is 3. The summed E-state index contributed by atoms with van der Waals surface area (Å²) in [4.78, 5) is 31.0. The fourth-order valence-corrected chi connectivity index (χ4v) is 2.06. The van der Waals surface area contributed by atoms with Gasteiger partial charge in [0, 0.05) is 19.1 Å². The van der Waals surface area contributed by atoms with E-state index in [-0.39, 0.29) is 17.7 Å². The highest BCUT2D eigenvalue weighted by Crippen LogP contribution is 2.37. The molecule has 1 aliphatic carbocycles. The van der Waals surface area contributed by atoms with Gasteiger partial charge < -0.3 is 20.1 Å². The van der Waals surface area contributed by atoms with Gasteiger partial charge in [0.25, 0.3) is 11.5 Å². The lowest BCUT2D eigenvalue weighted by Crippen LogP contribution is -2.33. The van der Waals surface area contributed by atoms with Crippen molar-refractivity contribution in [1.29, 1.82) is 0 Å². The van der Waals surface area contributed by atoms with Gasteiger partial charge in [-0.25, -0.2) is 4.98 Å². The summed E-state index contributed by atoms with van der Waals surface area (Å²) in [5.74, 6) is 0.620. The second-order valence-corrected chi connectivity index (χ2v) is 5.13. The molecule has 0 saturated heterocycles. The van der Waals surface area contributed by atoms with E-state index in [0.29, 0.717) is 43.6 Å². The number of aliphatic hydroxyl groups excluding tert-OH is 1. The van der Waals surface area contributed by atoms with Gasteiger partial charge in [0.05, 0.1) is 18.9 Å². The van der Waals surface area contributed by atoms with Crippen LogP contribution in [0, 0.1) is 6.92 Å². The maximum atomic E-state index is 12.0. The van der Waals surface area contributed by atoms with Crippen molar-refractivity contribution in [3.63, 3.8) is 0 Å². The highest BCUT2D eigenvalue weighted by Gasteiger charge is 2.27. The van der Waals surface area contributed by atoms with Crippen molar-refractivity contribution in [1.82, 2.24) is 15.3 Å². The third kappa shape index (κ3) is 4.37. The number of nitrogens with one attached hydrogen (secondary N) is 2. The maximum Gasteiger partial charge on any atom is 0.264 e. The molecule has 1 amide bonds. The first-order valence-electron chi connectivity index (χ1n) is 7.21. The lowest BCUT2D eigenvalue weighted by molar-refractivity contribution is 0.0866. The zero-order chi connectivity index (χ0) is 15.2. The molecule has 1 fully saturated rings. The average Bonchev–Trinajstić information content (AvgIpc) is 3.26. The van der Waals surface area contributed by atoms with Crippen LogP contribution in [-0.4, -0.2) is 47.3 Å². The predicted molar refractivity (Wildman–Crippen MR) is 76.4 cm³/mol. The minimum atomic E-state index is -0.411. The third-order valence-electron chi connectivity index (χ3n) is 3.30. The van der Waals surface area contributed by atoms with Gasteiger partial charge in [-0.05, 0) is 26.2 Å². The summed E-state index contributed by atoms with van der Waals surface area (Å²) < 4.78 is 5.09. The Bertz CT molecular complexity index is 552. The van der Waals surface area contributed by atoms with E-state index >= 15 is 0 Å². The number of carbonyl (C=O) groups excluding carboxylic acids is 1. The molecule has 2 rings (SSSR count). The molecular formula is C14H21N3O4. The Balaban J connectivity index is 1.88. The fourth-order valence-electron chi connectivity index (χ4n) is 2.06. The van der Waals surface area contributed by atoms with Crippen LogP contribution in [0.25, 0.3) is 0 Å². The molecule has 0 atom stereocenters. The summed E-state index contributed by atoms with van der Waals surface area (Å²) >= 11 is 0. The number of ether oxygens (including phenoxy) is 1. The van der Waals surface area contributed by atoms with Crippen LogP contribution in [0.1, 0.15) is 47.1 Å². The van der Waals surface area contributed by atoms with Crippen LogP contribution in [0.15, 0.2) is 4.79 Å². The lowest BCUT2D eigenvalue weighted by Gasteiger charge is -2.08. The fraction of sp³-hybridized carbons (Fsp3) is 0.643. The van der Waals surface area contributed by atoms with Crippen LogP contribution >= 0.6 is 0 Å². The van der Waals surface area contributed by atoms with Crippen LogP contribution in [0.3, 0.4) is 0 Å². The Morgan fingerprint density at radius 1 is 1.48 bits per heavy atom. The maximum absolute atomic E-state index is 12.0. The van der Waals surface area contributed by atoms with Crippen LogP contribution in [0.5, 0.6) is 0 Å². The standard InChI is InChI=1S/C14H21N3O4/c1-9-11(13(19)15-5-2-7-21-8-6-18)14(20)17-12(16-9)10-3-4-10/h10,18H,2-8H2,1H3,(H,15,19)(H,16,17,20). The molecule has 1 aliphatic rings. The van der Waals surface area contributed by atoms with Gasteiger partial charge >= 0.3 is 0 Å². The van der Waals surface area contributed by atoms with Gasteiger partial charge in [-0.2, -0.15) is 0 Å². The topological polar surface area (TPSA) is 104 Å². The first-order chi connectivity index (χ1) is 10.1. The van der Waals surface area contributed by atoms with Crippen LogP contribution in [-0.2, 0) is 4.74 Å². The number of H-pyrrole nitrogens is 1. The average molecular weight is 295 g/mol. The van der Waals surface area contributed by atoms with Crippen molar-refractivity contribution in [3.8, 4) is 0 Å². The molecule has 0 radical (unpaired) electrons. The monoisotopic (exact) mass is 295 g/mol. The molecule has 7 heteroatoms. The molecule has 1 aromatic rings. The van der Waals surface area contributed by atoms with E-state index in [1.54, 1.807) is 6.92 Å². The lowest BCUT2D eigenvalue weighted by atomic mass is 10.2. The molecule has 1 aromatic heterocycles. The molecule has 1 heterocycles. The van der Waals surface area contributed by atoms with E-state index in [1.165, 1.54) is 0 Å². The number of amides is 1. The SMILES string of the molecule is Cc1nc(C2CC2)[nH]c(=O)c1C(=O)NCCCOCCO. The smallest absolute Gasteiger partial charge is 0.264 e. The van der Waals surface area contributed by atoms with Crippen LogP contribution in [0.4, 0.5) is 0 Å². The Hall–Kier alpha value is -1.73. The van der Waals surface area contributed by atoms with Crippen molar-refractivity contribution in [2.24, 2.45) is 0 Å². The highest BCUT2D eigenvalue weighted by atomic mass is 16.5. The summed E-state index contributed by atoms with van der Waals surface area (Å²) in [6.07, 6.45) is 2.71. The summed E-state index contributed by atoms with van der Waals surface area (Å²) in [5.41, 5.74) is 0.170. The number of aromatic amines is 1. The molecule has 21 heavy (non-hydrogen) atoms. The molecule has 0 spiro atoms. The van der Waals surface area contributed by atoms with Crippen molar-refractivity contribution >= 4 is 5.91 Å². The Labute approximate surface area is 122 Å². The minimum absolute atomic E-state index is 0.0139. The molecule has 7 nitrogen and oxygen atoms in total. The number of aliphatic hydroxyl groups is 1. The molecule has 0 aromatic carbocycles. The van der Waals surface area contributed by atoms with Gasteiger partial charge in [-0.15, -0.1) is 0 Å². The number of hydrogen-bond acceptors (Lipinski definition) is 5. The van der Waals surface area contributed by atoms with E-state index in [1.807, 2.05) is 0 Å². The second-order valence-electron chi connectivity index (χ2n) is 5.13. The molecule has 0 aliphatic heterocycles. The van der Waals surface area contributed by atoms with E-state index in [0.717, 1.165) is 12.8 Å². The van der Waals surface area contributed by atoms with Crippen LogP contribution in [0.2, 0.25) is 0 Å². The molecular weight excluding hydrogens is 274 g/mol. The van der Waals surface area contributed by atoms with E-state index in [2.05, 4.69) is 15.3 Å². The summed E-state index contributed by atoms with van der Waals surface area (Å²) in [6.45, 7) is 2.82. The van der Waals surface area contributed by atoms with Crippen molar-refractivity contribution in [2.75, 3.05) is 26.4 Å². The predicted octanol–water partition coefficient (Wildman–Crippen LogP) is 0.0845. The normalized spacial score (nSPS) is 14.2. The highest BCUT2D eigenvalue weighted by molar-refractivity contribution is 5.94. The largest absolute Gasteiger partial charge is 0.394 e. The summed E-state index contributed by atoms with van der Waals surface area (Å²) in [6, 6.07) is 0. The summed E-state index contributed by atoms with van der Waals surface area (Å²) in [5, 5.41) is 11.2. The Morgan fingerprint density at radius 3 is 2.86 bits per heavy atom. The minimum Gasteiger partial charge on any atom is -0.394 e. The summed E-state index contributed by atoms with van der Waals surface area (Å²) in [7, 11) is 0. The first-order valence-corrected chi connectivity index (χ1v) is 7.21. The molecule has 0 unspecified atom stereocenters. The van der Waals surface area contributed by atoms with Crippen molar-refractivity contribution in [3.05, 3.63) is 27.4 Å². The molecule has 0 bridgehead atoms. The second kappa shape index (κ2) is 7.33. The van der Waals surface area contributed by atoms with Gasteiger partial charge in [0.2, 0.25) is 0 Å². The number of rotatable bonds is 8. The molecule has 1 saturated carbocycles. The number of aromatic nitrogens is 2. The Morgan fingerprint density at radius 2 is 2.24 bits per heavy atom. The Kier molecular flexibility index (Phi) is 5.46. The van der Waals surface area contributed by atoms with Gasteiger partial charge in [0.1, 0.15) is 11.4 Å². The number of carbonyl (C=O) groups is 1. The van der Waals surface area contributed by atoms with Crippen LogP contribution < -0.4 is 10.9 Å². The van der Waals surface area contributed by atoms with E-state index in [4.69, 9.17) is 9.84 Å². The molecule has 3 N–H and O–H groups in total. The number of nitrogens with zero attached hydrogens (tertiary/aromatic N) is 1. The van der Waals surface area contributed by atoms with E-state index in [9.17, 15) is 9.59 Å². The van der Waals surface area contributed by atoms with E-state index < -0.39 is 5.91 Å². The zero-order valence-electron chi connectivity index (χ0n) is 12.1. The van der Waals surface area contributed by atoms with Crippen molar-refractivity contribution < 1.29 is 14.6 Å². The van der Waals surface area contributed by atoms with Crippen molar-refractivity contribution in [2.45, 2.75) is 32.1 Å². The molecule has 116 valence electrons. The third-order valence-corrected chi connectivity index (χ3v) is 3.30. The van der Waals surface area contributed by atoms with Gasteiger partial charge in [0.15, 0.2) is 0 Å². The van der Waals surface area contributed by atoms with Gasteiger partial charge in [-0.3, -0.25) is 9.59 Å². The number of aryl methyl sites for hydroxylation is 1. The quantitative estimate of drug-likeness (QED) is 0.589. The first kappa shape index (κ1) is 15.7. The zero-order valence-corrected chi connectivity index (χ0v) is 12.1. The van der Waals surface area contributed by atoms with Gasteiger partial charge in [-0.1, -0.05) is 0 Å².